The molecule has 0 saturated heterocycles. The molecule has 4 heteroatoms. The van der Waals surface area contributed by atoms with Crippen molar-refractivity contribution in [3.63, 3.8) is 0 Å². The van der Waals surface area contributed by atoms with E-state index in [0.29, 0.717) is 19.2 Å². The van der Waals surface area contributed by atoms with Gasteiger partial charge in [0, 0.05) is 19.7 Å². The highest BCUT2D eigenvalue weighted by atomic mass is 16.5. The summed E-state index contributed by atoms with van der Waals surface area (Å²) in [4.78, 5) is 11.7. The van der Waals surface area contributed by atoms with Crippen molar-refractivity contribution in [1.82, 2.24) is 10.6 Å². The van der Waals surface area contributed by atoms with Crippen LogP contribution in [0.25, 0.3) is 0 Å². The fraction of sp³-hybridized carbons (Fsp3) is 0.923. The Morgan fingerprint density at radius 1 is 1.35 bits per heavy atom. The van der Waals surface area contributed by atoms with Gasteiger partial charge in [-0.1, -0.05) is 26.7 Å². The van der Waals surface area contributed by atoms with E-state index in [0.717, 1.165) is 12.8 Å². The van der Waals surface area contributed by atoms with Gasteiger partial charge in [-0.15, -0.1) is 0 Å². The van der Waals surface area contributed by atoms with Gasteiger partial charge < -0.3 is 15.4 Å². The molecule has 2 unspecified atom stereocenters. The summed E-state index contributed by atoms with van der Waals surface area (Å²) in [6.07, 6.45) is 4.62. The fourth-order valence-corrected chi connectivity index (χ4v) is 1.71. The zero-order chi connectivity index (χ0) is 13.1. The Labute approximate surface area is 105 Å². The number of methoxy groups -OCH3 is 1. The van der Waals surface area contributed by atoms with Crippen molar-refractivity contribution in [2.75, 3.05) is 20.3 Å². The summed E-state index contributed by atoms with van der Waals surface area (Å²) in [5, 5.41) is 6.22. The number of nitrogens with one attached hydrogen (secondary N) is 2. The third-order valence-electron chi connectivity index (χ3n) is 2.88. The number of amides is 1. The van der Waals surface area contributed by atoms with Gasteiger partial charge in [-0.3, -0.25) is 4.79 Å². The summed E-state index contributed by atoms with van der Waals surface area (Å²) < 4.78 is 4.89. The molecule has 102 valence electrons. The van der Waals surface area contributed by atoms with Crippen LogP contribution in [0.5, 0.6) is 0 Å². The first-order valence-corrected chi connectivity index (χ1v) is 6.68. The van der Waals surface area contributed by atoms with Gasteiger partial charge in [0.1, 0.15) is 0 Å². The molecule has 0 aromatic carbocycles. The molecule has 2 atom stereocenters. The van der Waals surface area contributed by atoms with Gasteiger partial charge in [-0.2, -0.15) is 0 Å². The Hall–Kier alpha value is -0.610. The second-order valence-electron chi connectivity index (χ2n) is 4.42. The van der Waals surface area contributed by atoms with E-state index in [1.807, 2.05) is 6.92 Å². The maximum Gasteiger partial charge on any atom is 0.236 e. The predicted octanol–water partition coefficient (Wildman–Crippen LogP) is 1.70. The minimum atomic E-state index is -0.131. The van der Waals surface area contributed by atoms with Crippen LogP contribution in [0.1, 0.15) is 46.5 Å². The number of unbranched alkanes of at least 4 members (excludes halogenated alkanes) is 1. The van der Waals surface area contributed by atoms with Gasteiger partial charge in [0.05, 0.1) is 12.6 Å². The monoisotopic (exact) mass is 244 g/mol. The van der Waals surface area contributed by atoms with Gasteiger partial charge in [0.2, 0.25) is 5.91 Å². The van der Waals surface area contributed by atoms with Crippen molar-refractivity contribution in [2.45, 2.75) is 58.5 Å². The van der Waals surface area contributed by atoms with E-state index in [2.05, 4.69) is 24.5 Å². The Morgan fingerprint density at radius 3 is 2.59 bits per heavy atom. The SMILES string of the molecule is CCCCC(CC)NC(C)C(=O)NCCOC. The molecule has 0 aliphatic heterocycles. The van der Waals surface area contributed by atoms with E-state index in [-0.39, 0.29) is 11.9 Å². The van der Waals surface area contributed by atoms with Crippen LogP contribution >= 0.6 is 0 Å². The van der Waals surface area contributed by atoms with Crippen LogP contribution in [-0.4, -0.2) is 38.3 Å². The lowest BCUT2D eigenvalue weighted by atomic mass is 10.1. The largest absolute Gasteiger partial charge is 0.383 e. The molecule has 0 saturated carbocycles. The van der Waals surface area contributed by atoms with Crippen molar-refractivity contribution in [3.05, 3.63) is 0 Å². The Kier molecular flexibility index (Phi) is 10.2. The van der Waals surface area contributed by atoms with Crippen LogP contribution in [-0.2, 0) is 9.53 Å². The lowest BCUT2D eigenvalue weighted by Crippen LogP contribution is -2.47. The van der Waals surface area contributed by atoms with E-state index in [4.69, 9.17) is 4.74 Å². The van der Waals surface area contributed by atoms with Crippen molar-refractivity contribution >= 4 is 5.91 Å². The number of carbonyl (C=O) groups excluding carboxylic acids is 1. The zero-order valence-corrected chi connectivity index (χ0v) is 11.7. The molecular formula is C13H28N2O2. The molecule has 0 heterocycles. The lowest BCUT2D eigenvalue weighted by molar-refractivity contribution is -0.123. The van der Waals surface area contributed by atoms with Gasteiger partial charge in [0.25, 0.3) is 0 Å². The summed E-state index contributed by atoms with van der Waals surface area (Å²) in [6.45, 7) is 7.39. The molecule has 0 aliphatic rings. The maximum atomic E-state index is 11.7. The summed E-state index contributed by atoms with van der Waals surface area (Å²) in [5.41, 5.74) is 0. The van der Waals surface area contributed by atoms with Crippen LogP contribution in [0.2, 0.25) is 0 Å². The first kappa shape index (κ1) is 16.4. The molecular weight excluding hydrogens is 216 g/mol. The Bertz CT molecular complexity index is 198. The quantitative estimate of drug-likeness (QED) is 0.575. The molecule has 0 spiro atoms. The molecule has 0 fully saturated rings. The van der Waals surface area contributed by atoms with Gasteiger partial charge in [-0.05, 0) is 19.8 Å². The summed E-state index contributed by atoms with van der Waals surface area (Å²) in [7, 11) is 1.63. The van der Waals surface area contributed by atoms with Crippen molar-refractivity contribution in [2.24, 2.45) is 0 Å². The van der Waals surface area contributed by atoms with Crippen molar-refractivity contribution in [1.29, 1.82) is 0 Å². The smallest absolute Gasteiger partial charge is 0.236 e. The van der Waals surface area contributed by atoms with Crippen molar-refractivity contribution < 1.29 is 9.53 Å². The molecule has 17 heavy (non-hydrogen) atoms. The standard InChI is InChI=1S/C13H28N2O2/c1-5-7-8-12(6-2)15-11(3)13(16)14-9-10-17-4/h11-12,15H,5-10H2,1-4H3,(H,14,16). The molecule has 1 amide bonds. The van der Waals surface area contributed by atoms with E-state index in [9.17, 15) is 4.79 Å². The highest BCUT2D eigenvalue weighted by Crippen LogP contribution is 2.05. The second kappa shape index (κ2) is 10.5. The molecule has 0 aliphatic carbocycles. The second-order valence-corrected chi connectivity index (χ2v) is 4.42. The Morgan fingerprint density at radius 2 is 2.06 bits per heavy atom. The van der Waals surface area contributed by atoms with Crippen LogP contribution in [0.4, 0.5) is 0 Å². The number of hydrogen-bond acceptors (Lipinski definition) is 3. The van der Waals surface area contributed by atoms with Crippen LogP contribution in [0.15, 0.2) is 0 Å². The molecule has 0 radical (unpaired) electrons. The highest BCUT2D eigenvalue weighted by molar-refractivity contribution is 5.81. The molecule has 2 N–H and O–H groups in total. The lowest BCUT2D eigenvalue weighted by Gasteiger charge is -2.21. The number of hydrogen-bond donors (Lipinski definition) is 2. The third kappa shape index (κ3) is 8.16. The Balaban J connectivity index is 3.86. The normalized spacial score (nSPS) is 14.4. The summed E-state index contributed by atoms with van der Waals surface area (Å²) in [6, 6.07) is 0.312. The first-order valence-electron chi connectivity index (χ1n) is 6.68. The van der Waals surface area contributed by atoms with E-state index >= 15 is 0 Å². The van der Waals surface area contributed by atoms with Gasteiger partial charge >= 0.3 is 0 Å². The summed E-state index contributed by atoms with van der Waals surface area (Å²) in [5.74, 6) is 0.0528. The molecule has 0 aromatic heterocycles. The molecule has 0 aromatic rings. The predicted molar refractivity (Wildman–Crippen MR) is 71.1 cm³/mol. The van der Waals surface area contributed by atoms with E-state index < -0.39 is 0 Å². The fourth-order valence-electron chi connectivity index (χ4n) is 1.71. The molecule has 0 rings (SSSR count). The molecule has 0 bridgehead atoms. The van der Waals surface area contributed by atoms with E-state index in [1.54, 1.807) is 7.11 Å². The van der Waals surface area contributed by atoms with Crippen LogP contribution in [0.3, 0.4) is 0 Å². The number of carbonyl (C=O) groups is 1. The van der Waals surface area contributed by atoms with Crippen LogP contribution < -0.4 is 10.6 Å². The minimum absolute atomic E-state index is 0.0528. The average Bonchev–Trinajstić information content (AvgIpc) is 2.34. The molecule has 4 nitrogen and oxygen atoms in total. The van der Waals surface area contributed by atoms with Gasteiger partial charge in [-0.25, -0.2) is 0 Å². The summed E-state index contributed by atoms with van der Waals surface area (Å²) >= 11 is 0. The zero-order valence-electron chi connectivity index (χ0n) is 11.7. The highest BCUT2D eigenvalue weighted by Gasteiger charge is 2.15. The average molecular weight is 244 g/mol. The maximum absolute atomic E-state index is 11.7. The van der Waals surface area contributed by atoms with Gasteiger partial charge in [0.15, 0.2) is 0 Å². The topological polar surface area (TPSA) is 50.4 Å². The third-order valence-corrected chi connectivity index (χ3v) is 2.88. The number of ether oxygens (including phenoxy) is 1. The van der Waals surface area contributed by atoms with Crippen molar-refractivity contribution in [3.8, 4) is 0 Å². The minimum Gasteiger partial charge on any atom is -0.383 e. The number of rotatable bonds is 10. The van der Waals surface area contributed by atoms with Crippen LogP contribution in [0, 0.1) is 0 Å². The van der Waals surface area contributed by atoms with E-state index in [1.165, 1.54) is 12.8 Å². The first-order chi connectivity index (χ1) is 8.15.